The average Bonchev–Trinajstić information content (AvgIpc) is 3.35. The summed E-state index contributed by atoms with van der Waals surface area (Å²) in [5.74, 6) is 2.24. The molecule has 1 atom stereocenters. The lowest BCUT2D eigenvalue weighted by atomic mass is 9.74. The highest BCUT2D eigenvalue weighted by Gasteiger charge is 2.42. The molecule has 1 aliphatic carbocycles. The SMILES string of the molecule is CC1CCN(c2ncc(C(=O)N3CCCC(C)C3)c(C3(c4ccccc4)CCCC3)n2)CC1. The van der Waals surface area contributed by atoms with Gasteiger partial charge in [-0.15, -0.1) is 0 Å². The Morgan fingerprint density at radius 2 is 1.67 bits per heavy atom. The number of benzene rings is 1. The van der Waals surface area contributed by atoms with Crippen LogP contribution in [0.2, 0.25) is 0 Å². The molecule has 3 fully saturated rings. The largest absolute Gasteiger partial charge is 0.341 e. The van der Waals surface area contributed by atoms with Crippen molar-refractivity contribution in [1.29, 1.82) is 0 Å². The van der Waals surface area contributed by atoms with Crippen LogP contribution >= 0.6 is 0 Å². The molecule has 0 bridgehead atoms. The van der Waals surface area contributed by atoms with E-state index in [1.807, 2.05) is 11.1 Å². The molecule has 3 heterocycles. The molecule has 1 aromatic heterocycles. The van der Waals surface area contributed by atoms with Gasteiger partial charge in [0.15, 0.2) is 0 Å². The minimum Gasteiger partial charge on any atom is -0.341 e. The van der Waals surface area contributed by atoms with E-state index in [0.717, 1.165) is 68.6 Å². The van der Waals surface area contributed by atoms with Gasteiger partial charge in [0.05, 0.1) is 11.3 Å². The number of nitrogens with zero attached hydrogens (tertiary/aromatic N) is 4. The van der Waals surface area contributed by atoms with Gasteiger partial charge in [0.1, 0.15) is 0 Å². The lowest BCUT2D eigenvalue weighted by Gasteiger charge is -2.36. The Hall–Kier alpha value is -2.43. The number of rotatable bonds is 4. The van der Waals surface area contributed by atoms with Crippen LogP contribution in [0.5, 0.6) is 0 Å². The quantitative estimate of drug-likeness (QED) is 0.627. The molecule has 0 N–H and O–H groups in total. The van der Waals surface area contributed by atoms with Crippen molar-refractivity contribution in [3.63, 3.8) is 0 Å². The number of piperidine rings is 2. The van der Waals surface area contributed by atoms with Gasteiger partial charge in [-0.05, 0) is 55.9 Å². The highest BCUT2D eigenvalue weighted by molar-refractivity contribution is 5.95. The molecule has 1 saturated carbocycles. The first-order valence-corrected chi connectivity index (χ1v) is 13.0. The van der Waals surface area contributed by atoms with E-state index in [2.05, 4.69) is 49.1 Å². The lowest BCUT2D eigenvalue weighted by Crippen LogP contribution is -2.41. The zero-order valence-corrected chi connectivity index (χ0v) is 20.3. The summed E-state index contributed by atoms with van der Waals surface area (Å²) in [5.41, 5.74) is 2.79. The van der Waals surface area contributed by atoms with Crippen molar-refractivity contribution in [2.75, 3.05) is 31.1 Å². The molecule has 0 spiro atoms. The monoisotopic (exact) mass is 446 g/mol. The highest BCUT2D eigenvalue weighted by Crippen LogP contribution is 2.47. The smallest absolute Gasteiger partial charge is 0.257 e. The highest BCUT2D eigenvalue weighted by atomic mass is 16.2. The van der Waals surface area contributed by atoms with Gasteiger partial charge in [0.2, 0.25) is 5.95 Å². The number of anilines is 1. The summed E-state index contributed by atoms with van der Waals surface area (Å²) >= 11 is 0. The number of aromatic nitrogens is 2. The van der Waals surface area contributed by atoms with E-state index in [1.54, 1.807) is 0 Å². The topological polar surface area (TPSA) is 49.3 Å². The summed E-state index contributed by atoms with van der Waals surface area (Å²) in [6.45, 7) is 8.24. The van der Waals surface area contributed by atoms with Crippen molar-refractivity contribution in [3.8, 4) is 0 Å². The third kappa shape index (κ3) is 4.39. The molecule has 3 aliphatic rings. The summed E-state index contributed by atoms with van der Waals surface area (Å²) in [5, 5.41) is 0. The fourth-order valence-corrected chi connectivity index (χ4v) is 6.20. The molecule has 5 nitrogen and oxygen atoms in total. The van der Waals surface area contributed by atoms with Gasteiger partial charge in [-0.3, -0.25) is 4.79 Å². The molecule has 5 heteroatoms. The Labute approximate surface area is 198 Å². The maximum atomic E-state index is 13.9. The van der Waals surface area contributed by atoms with Crippen LogP contribution in [0.25, 0.3) is 0 Å². The van der Waals surface area contributed by atoms with Crippen LogP contribution in [-0.4, -0.2) is 47.0 Å². The zero-order chi connectivity index (χ0) is 22.8. The van der Waals surface area contributed by atoms with Crippen LogP contribution in [0.1, 0.15) is 86.8 Å². The first-order valence-electron chi connectivity index (χ1n) is 13.0. The van der Waals surface area contributed by atoms with Crippen molar-refractivity contribution >= 4 is 11.9 Å². The van der Waals surface area contributed by atoms with E-state index in [-0.39, 0.29) is 11.3 Å². The van der Waals surface area contributed by atoms with Crippen molar-refractivity contribution in [2.24, 2.45) is 11.8 Å². The summed E-state index contributed by atoms with van der Waals surface area (Å²) in [6, 6.07) is 10.8. The molecule has 33 heavy (non-hydrogen) atoms. The van der Waals surface area contributed by atoms with E-state index >= 15 is 0 Å². The molecule has 1 unspecified atom stereocenters. The minimum absolute atomic E-state index is 0.123. The van der Waals surface area contributed by atoms with Crippen LogP contribution in [0.3, 0.4) is 0 Å². The fraction of sp³-hybridized carbons (Fsp3) is 0.607. The predicted octanol–water partition coefficient (Wildman–Crippen LogP) is 5.45. The number of likely N-dealkylation sites (tertiary alicyclic amines) is 1. The van der Waals surface area contributed by atoms with Gasteiger partial charge in [-0.1, -0.05) is 57.0 Å². The normalized spacial score (nSPS) is 23.6. The predicted molar refractivity (Wildman–Crippen MR) is 133 cm³/mol. The number of hydrogen-bond acceptors (Lipinski definition) is 4. The summed E-state index contributed by atoms with van der Waals surface area (Å²) in [7, 11) is 0. The standard InChI is InChI=1S/C28H38N4O/c1-21-12-17-31(18-13-21)27-29-19-24(26(33)32-16-8-9-22(2)20-32)25(30-27)28(14-6-7-15-28)23-10-4-3-5-11-23/h3-5,10-11,19,21-22H,6-9,12-18,20H2,1-2H3. The zero-order valence-electron chi connectivity index (χ0n) is 20.3. The molecule has 1 amide bonds. The van der Waals surface area contributed by atoms with Gasteiger partial charge >= 0.3 is 0 Å². The Morgan fingerprint density at radius 1 is 0.939 bits per heavy atom. The van der Waals surface area contributed by atoms with Crippen molar-refractivity contribution in [2.45, 2.75) is 70.6 Å². The molecular formula is C28H38N4O. The Bertz CT molecular complexity index is 961. The third-order valence-corrected chi connectivity index (χ3v) is 8.25. The molecular weight excluding hydrogens is 408 g/mol. The van der Waals surface area contributed by atoms with Crippen molar-refractivity contribution < 1.29 is 4.79 Å². The molecule has 0 radical (unpaired) electrons. The number of carbonyl (C=O) groups is 1. The molecule has 2 saturated heterocycles. The van der Waals surface area contributed by atoms with Gasteiger partial charge in [0, 0.05) is 37.8 Å². The van der Waals surface area contributed by atoms with Crippen LogP contribution < -0.4 is 4.90 Å². The molecule has 5 rings (SSSR count). The van der Waals surface area contributed by atoms with Gasteiger partial charge in [-0.2, -0.15) is 0 Å². The van der Waals surface area contributed by atoms with Crippen LogP contribution in [0.4, 0.5) is 5.95 Å². The number of carbonyl (C=O) groups excluding carboxylic acids is 1. The first kappa shape index (κ1) is 22.4. The Balaban J connectivity index is 1.59. The first-order chi connectivity index (χ1) is 16.1. The molecule has 1 aromatic carbocycles. The molecule has 2 aliphatic heterocycles. The lowest BCUT2D eigenvalue weighted by molar-refractivity contribution is 0.0679. The maximum Gasteiger partial charge on any atom is 0.257 e. The molecule has 176 valence electrons. The Kier molecular flexibility index (Phi) is 6.40. The third-order valence-electron chi connectivity index (χ3n) is 8.25. The van der Waals surface area contributed by atoms with Gasteiger partial charge in [-0.25, -0.2) is 9.97 Å². The van der Waals surface area contributed by atoms with E-state index in [4.69, 9.17) is 9.97 Å². The summed E-state index contributed by atoms with van der Waals surface area (Å²) in [6.07, 6.45) is 10.9. The minimum atomic E-state index is -0.200. The van der Waals surface area contributed by atoms with Gasteiger partial charge < -0.3 is 9.80 Å². The van der Waals surface area contributed by atoms with Crippen LogP contribution in [0, 0.1) is 11.8 Å². The van der Waals surface area contributed by atoms with E-state index in [0.29, 0.717) is 5.92 Å². The Morgan fingerprint density at radius 3 is 2.36 bits per heavy atom. The summed E-state index contributed by atoms with van der Waals surface area (Å²) in [4.78, 5) is 28.3. The van der Waals surface area contributed by atoms with E-state index < -0.39 is 0 Å². The van der Waals surface area contributed by atoms with Crippen molar-refractivity contribution in [3.05, 3.63) is 53.3 Å². The second kappa shape index (κ2) is 9.44. The molecule has 2 aromatic rings. The number of hydrogen-bond donors (Lipinski definition) is 0. The second-order valence-electron chi connectivity index (χ2n) is 10.8. The maximum absolute atomic E-state index is 13.9. The average molecular weight is 447 g/mol. The van der Waals surface area contributed by atoms with Crippen LogP contribution in [-0.2, 0) is 5.41 Å². The van der Waals surface area contributed by atoms with Crippen LogP contribution in [0.15, 0.2) is 36.5 Å². The van der Waals surface area contributed by atoms with Crippen molar-refractivity contribution in [1.82, 2.24) is 14.9 Å². The second-order valence-corrected chi connectivity index (χ2v) is 10.8. The van der Waals surface area contributed by atoms with E-state index in [9.17, 15) is 4.79 Å². The number of amides is 1. The van der Waals surface area contributed by atoms with E-state index in [1.165, 1.54) is 37.7 Å². The summed E-state index contributed by atoms with van der Waals surface area (Å²) < 4.78 is 0. The van der Waals surface area contributed by atoms with Gasteiger partial charge in [0.25, 0.3) is 5.91 Å². The fourth-order valence-electron chi connectivity index (χ4n) is 6.20.